The van der Waals surface area contributed by atoms with Crippen LogP contribution in [0.4, 0.5) is 0 Å². The molecule has 0 aromatic heterocycles. The number of carbonyl (C=O) groups excluding carboxylic acids is 1. The smallest absolute Gasteiger partial charge is 0.258 e. The Morgan fingerprint density at radius 1 is 1.21 bits per heavy atom. The first kappa shape index (κ1) is 20.6. The predicted octanol–water partition coefficient (Wildman–Crippen LogP) is 3.53. The molecular formula is C22H27ClN2O3. The van der Waals surface area contributed by atoms with Gasteiger partial charge in [-0.25, -0.2) is 0 Å². The fourth-order valence-electron chi connectivity index (χ4n) is 3.44. The Labute approximate surface area is 171 Å². The Bertz CT molecular complexity index is 806. The van der Waals surface area contributed by atoms with Crippen LogP contribution in [0.25, 0.3) is 0 Å². The lowest BCUT2D eigenvalue weighted by atomic mass is 10.0. The molecule has 0 aliphatic carbocycles. The summed E-state index contributed by atoms with van der Waals surface area (Å²) in [5.41, 5.74) is 3.21. The summed E-state index contributed by atoms with van der Waals surface area (Å²) < 4.78 is 11.2. The molecule has 0 radical (unpaired) electrons. The molecule has 1 N–H and O–H groups in total. The minimum absolute atomic E-state index is 0.00246. The van der Waals surface area contributed by atoms with Crippen molar-refractivity contribution in [2.24, 2.45) is 0 Å². The molecule has 1 aliphatic rings. The standard InChI is InChI=1S/C22H27ClN2O3/c1-16-7-8-21(17(2)13-16)28-15-22(26)24-14-20(25-9-11-27-12-10-25)18-5-3-4-6-19(18)23/h3-8,13,20H,9-12,14-15H2,1-2H3,(H,24,26). The van der Waals surface area contributed by atoms with Crippen LogP contribution < -0.4 is 10.1 Å². The quantitative estimate of drug-likeness (QED) is 0.769. The molecule has 1 saturated heterocycles. The van der Waals surface area contributed by atoms with Crippen LogP contribution in [0.15, 0.2) is 42.5 Å². The molecule has 0 saturated carbocycles. The van der Waals surface area contributed by atoms with Gasteiger partial charge in [0.25, 0.3) is 5.91 Å². The molecule has 2 aromatic carbocycles. The maximum Gasteiger partial charge on any atom is 0.258 e. The van der Waals surface area contributed by atoms with Crippen molar-refractivity contribution >= 4 is 17.5 Å². The average Bonchev–Trinajstić information content (AvgIpc) is 2.69. The van der Waals surface area contributed by atoms with Gasteiger partial charge >= 0.3 is 0 Å². The molecule has 3 rings (SSSR count). The number of aryl methyl sites for hydroxylation is 2. The zero-order valence-corrected chi connectivity index (χ0v) is 17.2. The molecule has 1 fully saturated rings. The average molecular weight is 403 g/mol. The van der Waals surface area contributed by atoms with Gasteiger partial charge < -0.3 is 14.8 Å². The van der Waals surface area contributed by atoms with Crippen molar-refractivity contribution in [1.82, 2.24) is 10.2 Å². The van der Waals surface area contributed by atoms with Crippen molar-refractivity contribution in [2.75, 3.05) is 39.5 Å². The second kappa shape index (κ2) is 9.92. The fourth-order valence-corrected chi connectivity index (χ4v) is 3.70. The largest absolute Gasteiger partial charge is 0.484 e. The van der Waals surface area contributed by atoms with Crippen LogP contribution >= 0.6 is 11.6 Å². The van der Waals surface area contributed by atoms with E-state index in [2.05, 4.69) is 10.2 Å². The number of hydrogen-bond donors (Lipinski definition) is 1. The Morgan fingerprint density at radius 3 is 2.68 bits per heavy atom. The molecule has 1 unspecified atom stereocenters. The highest BCUT2D eigenvalue weighted by Crippen LogP contribution is 2.27. The Morgan fingerprint density at radius 2 is 1.96 bits per heavy atom. The highest BCUT2D eigenvalue weighted by atomic mass is 35.5. The molecule has 28 heavy (non-hydrogen) atoms. The highest BCUT2D eigenvalue weighted by molar-refractivity contribution is 6.31. The van der Waals surface area contributed by atoms with E-state index in [-0.39, 0.29) is 18.6 Å². The van der Waals surface area contributed by atoms with Gasteiger partial charge in [-0.15, -0.1) is 0 Å². The predicted molar refractivity (Wildman–Crippen MR) is 111 cm³/mol. The number of carbonyl (C=O) groups is 1. The molecule has 1 amide bonds. The lowest BCUT2D eigenvalue weighted by Gasteiger charge is -2.35. The first-order chi connectivity index (χ1) is 13.5. The molecule has 1 atom stereocenters. The van der Waals surface area contributed by atoms with Crippen LogP contribution in [0.5, 0.6) is 5.75 Å². The number of morpholine rings is 1. The van der Waals surface area contributed by atoms with Crippen molar-refractivity contribution < 1.29 is 14.3 Å². The minimum Gasteiger partial charge on any atom is -0.484 e. The zero-order valence-electron chi connectivity index (χ0n) is 16.4. The van der Waals surface area contributed by atoms with Crippen molar-refractivity contribution in [1.29, 1.82) is 0 Å². The lowest BCUT2D eigenvalue weighted by molar-refractivity contribution is -0.123. The van der Waals surface area contributed by atoms with Gasteiger partial charge in [-0.3, -0.25) is 9.69 Å². The van der Waals surface area contributed by atoms with E-state index >= 15 is 0 Å². The van der Waals surface area contributed by atoms with Gasteiger partial charge in [-0.2, -0.15) is 0 Å². The maximum atomic E-state index is 12.4. The van der Waals surface area contributed by atoms with E-state index in [1.54, 1.807) is 0 Å². The first-order valence-electron chi connectivity index (χ1n) is 9.57. The van der Waals surface area contributed by atoms with Gasteiger partial charge in [0.15, 0.2) is 6.61 Å². The van der Waals surface area contributed by atoms with Gasteiger partial charge in [0, 0.05) is 24.7 Å². The zero-order chi connectivity index (χ0) is 19.9. The second-order valence-corrected chi connectivity index (χ2v) is 7.45. The van der Waals surface area contributed by atoms with Crippen LogP contribution in [0.3, 0.4) is 0 Å². The Kier molecular flexibility index (Phi) is 7.31. The molecule has 2 aromatic rings. The van der Waals surface area contributed by atoms with Crippen LogP contribution in [0.2, 0.25) is 5.02 Å². The van der Waals surface area contributed by atoms with Gasteiger partial charge in [0.1, 0.15) is 5.75 Å². The molecule has 6 heteroatoms. The summed E-state index contributed by atoms with van der Waals surface area (Å²) in [6.45, 7) is 7.46. The van der Waals surface area contributed by atoms with Crippen molar-refractivity contribution in [3.8, 4) is 5.75 Å². The Balaban J connectivity index is 1.61. The molecule has 1 heterocycles. The number of nitrogens with zero attached hydrogens (tertiary/aromatic N) is 1. The van der Waals surface area contributed by atoms with E-state index in [9.17, 15) is 4.79 Å². The number of rotatable bonds is 7. The van der Waals surface area contributed by atoms with Crippen molar-refractivity contribution in [3.05, 3.63) is 64.2 Å². The summed E-state index contributed by atoms with van der Waals surface area (Å²) >= 11 is 6.43. The van der Waals surface area contributed by atoms with Crippen molar-refractivity contribution in [3.63, 3.8) is 0 Å². The van der Waals surface area contributed by atoms with Gasteiger partial charge in [0.05, 0.1) is 19.3 Å². The third-order valence-electron chi connectivity index (χ3n) is 4.93. The first-order valence-corrected chi connectivity index (χ1v) is 9.95. The Hall–Kier alpha value is -2.08. The minimum atomic E-state index is -0.148. The molecule has 0 bridgehead atoms. The number of ether oxygens (including phenoxy) is 2. The molecular weight excluding hydrogens is 376 g/mol. The van der Waals surface area contributed by atoms with E-state index < -0.39 is 0 Å². The third kappa shape index (κ3) is 5.47. The van der Waals surface area contributed by atoms with E-state index in [4.69, 9.17) is 21.1 Å². The second-order valence-electron chi connectivity index (χ2n) is 7.05. The van der Waals surface area contributed by atoms with Gasteiger partial charge in [-0.05, 0) is 37.1 Å². The van der Waals surface area contributed by atoms with Gasteiger partial charge in [-0.1, -0.05) is 47.5 Å². The summed E-state index contributed by atoms with van der Waals surface area (Å²) in [4.78, 5) is 14.7. The molecule has 0 spiro atoms. The number of amides is 1. The fraction of sp³-hybridized carbons (Fsp3) is 0.409. The van der Waals surface area contributed by atoms with E-state index in [1.165, 1.54) is 5.56 Å². The summed E-state index contributed by atoms with van der Waals surface area (Å²) in [5, 5.41) is 3.71. The summed E-state index contributed by atoms with van der Waals surface area (Å²) in [6.07, 6.45) is 0. The van der Waals surface area contributed by atoms with Crippen LogP contribution in [-0.4, -0.2) is 50.3 Å². The highest BCUT2D eigenvalue weighted by Gasteiger charge is 2.24. The number of benzene rings is 2. The topological polar surface area (TPSA) is 50.8 Å². The lowest BCUT2D eigenvalue weighted by Crippen LogP contribution is -2.44. The number of nitrogens with one attached hydrogen (secondary N) is 1. The summed E-state index contributed by atoms with van der Waals surface area (Å²) in [5.74, 6) is 0.585. The molecule has 150 valence electrons. The summed E-state index contributed by atoms with van der Waals surface area (Å²) in [6, 6.07) is 13.7. The van der Waals surface area contributed by atoms with Crippen molar-refractivity contribution in [2.45, 2.75) is 19.9 Å². The summed E-state index contributed by atoms with van der Waals surface area (Å²) in [7, 11) is 0. The number of hydrogen-bond acceptors (Lipinski definition) is 4. The van der Waals surface area contributed by atoms with E-state index in [0.717, 1.165) is 30.0 Å². The van der Waals surface area contributed by atoms with Gasteiger partial charge in [0.2, 0.25) is 0 Å². The SMILES string of the molecule is Cc1ccc(OCC(=O)NCC(c2ccccc2Cl)N2CCOCC2)c(C)c1. The normalized spacial score (nSPS) is 15.8. The maximum absolute atomic E-state index is 12.4. The third-order valence-corrected chi connectivity index (χ3v) is 5.28. The van der Waals surface area contributed by atoms with Crippen LogP contribution in [0, 0.1) is 13.8 Å². The monoisotopic (exact) mass is 402 g/mol. The van der Waals surface area contributed by atoms with E-state index in [1.807, 2.05) is 56.3 Å². The number of halogens is 1. The van der Waals surface area contributed by atoms with E-state index in [0.29, 0.717) is 24.8 Å². The molecule has 1 aliphatic heterocycles. The van der Waals surface area contributed by atoms with Crippen LogP contribution in [-0.2, 0) is 9.53 Å². The molecule has 5 nitrogen and oxygen atoms in total. The van der Waals surface area contributed by atoms with Crippen LogP contribution in [0.1, 0.15) is 22.7 Å².